The maximum absolute atomic E-state index is 13.2. The molecule has 1 saturated carbocycles. The van der Waals surface area contributed by atoms with Gasteiger partial charge in [0.2, 0.25) is 6.04 Å². The molecule has 1 fully saturated rings. The second-order valence-corrected chi connectivity index (χ2v) is 6.52. The van der Waals surface area contributed by atoms with E-state index < -0.39 is 0 Å². The van der Waals surface area contributed by atoms with Crippen LogP contribution in [-0.2, 0) is 0 Å². The smallest absolute Gasteiger partial charge is 0.288 e. The van der Waals surface area contributed by atoms with E-state index in [1.54, 1.807) is 0 Å². The average molecular weight is 321 g/mol. The number of hydroxylamine groups is 2. The fraction of sp³-hybridized carbons (Fsp3) is 0.300. The molecule has 24 heavy (non-hydrogen) atoms. The molecule has 4 rings (SSSR count). The fourth-order valence-corrected chi connectivity index (χ4v) is 3.92. The van der Waals surface area contributed by atoms with Crippen molar-refractivity contribution in [3.8, 4) is 0 Å². The van der Waals surface area contributed by atoms with E-state index in [-0.39, 0.29) is 12.1 Å². The SMILES string of the molecule is O=[N+]1C(c2ccccc2)=C(c2ccccc2)N(O)[C@@H]2CCCC[C@H]21. The van der Waals surface area contributed by atoms with Gasteiger partial charge in [0, 0.05) is 21.7 Å². The summed E-state index contributed by atoms with van der Waals surface area (Å²) < 4.78 is 1.15. The molecule has 1 aliphatic heterocycles. The molecular weight excluding hydrogens is 300 g/mol. The van der Waals surface area contributed by atoms with Crippen molar-refractivity contribution in [2.24, 2.45) is 0 Å². The minimum atomic E-state index is -0.189. The molecule has 122 valence electrons. The molecule has 4 nitrogen and oxygen atoms in total. The summed E-state index contributed by atoms with van der Waals surface area (Å²) in [5.41, 5.74) is 2.88. The molecule has 0 unspecified atom stereocenters. The molecular formula is C20H21N2O2+. The van der Waals surface area contributed by atoms with Crippen LogP contribution in [0.5, 0.6) is 0 Å². The molecule has 2 aromatic rings. The monoisotopic (exact) mass is 321 g/mol. The Morgan fingerprint density at radius 2 is 1.46 bits per heavy atom. The summed E-state index contributed by atoms with van der Waals surface area (Å²) in [6.45, 7) is 0. The van der Waals surface area contributed by atoms with Crippen molar-refractivity contribution in [1.82, 2.24) is 5.06 Å². The van der Waals surface area contributed by atoms with Gasteiger partial charge < -0.3 is 0 Å². The second kappa shape index (κ2) is 6.21. The first-order valence-corrected chi connectivity index (χ1v) is 8.57. The summed E-state index contributed by atoms with van der Waals surface area (Å²) >= 11 is 0. The lowest BCUT2D eigenvalue weighted by Gasteiger charge is -2.37. The van der Waals surface area contributed by atoms with Gasteiger partial charge in [0.15, 0.2) is 0 Å². The average Bonchev–Trinajstić information content (AvgIpc) is 2.66. The summed E-state index contributed by atoms with van der Waals surface area (Å²) in [6, 6.07) is 19.0. The Hall–Kier alpha value is -2.46. The van der Waals surface area contributed by atoms with Crippen molar-refractivity contribution in [3.63, 3.8) is 0 Å². The van der Waals surface area contributed by atoms with E-state index in [1.165, 1.54) is 5.06 Å². The van der Waals surface area contributed by atoms with Crippen LogP contribution in [0.4, 0.5) is 0 Å². The van der Waals surface area contributed by atoms with Crippen LogP contribution >= 0.6 is 0 Å². The highest BCUT2D eigenvalue weighted by atomic mass is 16.5. The zero-order chi connectivity index (χ0) is 16.5. The lowest BCUT2D eigenvalue weighted by Crippen LogP contribution is -2.51. The Morgan fingerprint density at radius 3 is 2.12 bits per heavy atom. The van der Waals surface area contributed by atoms with Gasteiger partial charge in [-0.15, -0.1) is 0 Å². The number of rotatable bonds is 2. The topological polar surface area (TPSA) is 43.5 Å². The van der Waals surface area contributed by atoms with E-state index in [1.807, 2.05) is 60.7 Å². The minimum absolute atomic E-state index is 0.140. The Kier molecular flexibility index (Phi) is 3.90. The summed E-state index contributed by atoms with van der Waals surface area (Å²) in [6.07, 6.45) is 3.76. The van der Waals surface area contributed by atoms with Crippen molar-refractivity contribution < 1.29 is 9.97 Å². The maximum Gasteiger partial charge on any atom is 0.289 e. The van der Waals surface area contributed by atoms with E-state index in [4.69, 9.17) is 0 Å². The van der Waals surface area contributed by atoms with Gasteiger partial charge in [0.05, 0.1) is 5.56 Å². The first-order valence-electron chi connectivity index (χ1n) is 8.57. The zero-order valence-corrected chi connectivity index (χ0v) is 13.5. The van der Waals surface area contributed by atoms with Gasteiger partial charge in [-0.2, -0.15) is 0 Å². The quantitative estimate of drug-likeness (QED) is 0.838. The Morgan fingerprint density at radius 1 is 0.875 bits per heavy atom. The molecule has 2 atom stereocenters. The molecule has 0 bridgehead atoms. The number of nitrogens with zero attached hydrogens (tertiary/aromatic N) is 2. The van der Waals surface area contributed by atoms with E-state index in [0.717, 1.165) is 41.6 Å². The van der Waals surface area contributed by atoms with Gasteiger partial charge in [-0.1, -0.05) is 55.0 Å². The van der Waals surface area contributed by atoms with Crippen molar-refractivity contribution >= 4 is 11.4 Å². The molecule has 2 aliphatic rings. The Balaban J connectivity index is 1.94. The van der Waals surface area contributed by atoms with Crippen LogP contribution in [0, 0.1) is 4.91 Å². The first-order chi connectivity index (χ1) is 11.8. The Bertz CT molecular complexity index is 771. The third-order valence-corrected chi connectivity index (χ3v) is 5.08. The van der Waals surface area contributed by atoms with E-state index in [0.29, 0.717) is 11.4 Å². The highest BCUT2D eigenvalue weighted by Gasteiger charge is 2.50. The highest BCUT2D eigenvalue weighted by molar-refractivity contribution is 5.86. The van der Waals surface area contributed by atoms with Crippen LogP contribution in [0.2, 0.25) is 0 Å². The number of nitroso groups, excluding NO2 is 1. The molecule has 0 saturated heterocycles. The standard InChI is InChI=1S/C20H21N2O2/c23-21-17-13-7-8-14-18(17)22(24)20(16-11-5-2-6-12-16)19(21)15-9-3-1-4-10-15/h1-6,9-12,17-18,23H,7-8,13-14H2/q+1/t17-,18-/m1/s1. The van der Waals surface area contributed by atoms with E-state index >= 15 is 0 Å². The molecule has 1 N–H and O–H groups in total. The van der Waals surface area contributed by atoms with Crippen LogP contribution in [-0.4, -0.2) is 27.1 Å². The Labute approximate surface area is 141 Å². The lowest BCUT2D eigenvalue weighted by molar-refractivity contribution is -0.521. The molecule has 4 heteroatoms. The van der Waals surface area contributed by atoms with Gasteiger partial charge >= 0.3 is 0 Å². The third kappa shape index (κ3) is 2.43. The molecule has 1 heterocycles. The van der Waals surface area contributed by atoms with Crippen LogP contribution < -0.4 is 0 Å². The van der Waals surface area contributed by atoms with Crippen LogP contribution in [0.15, 0.2) is 60.7 Å². The van der Waals surface area contributed by atoms with Gasteiger partial charge in [-0.25, -0.2) is 5.06 Å². The molecule has 0 spiro atoms. The largest absolute Gasteiger partial charge is 0.289 e. The second-order valence-electron chi connectivity index (χ2n) is 6.52. The number of fused-ring (bicyclic) bond motifs is 1. The van der Waals surface area contributed by atoms with Crippen LogP contribution in [0.3, 0.4) is 0 Å². The third-order valence-electron chi connectivity index (χ3n) is 5.08. The maximum atomic E-state index is 13.2. The summed E-state index contributed by atoms with van der Waals surface area (Å²) in [5.74, 6) is 0. The van der Waals surface area contributed by atoms with Crippen molar-refractivity contribution in [3.05, 3.63) is 76.7 Å². The minimum Gasteiger partial charge on any atom is -0.288 e. The molecule has 1 aliphatic carbocycles. The van der Waals surface area contributed by atoms with E-state index in [2.05, 4.69) is 0 Å². The summed E-state index contributed by atoms with van der Waals surface area (Å²) in [4.78, 5) is 13.2. The predicted octanol–water partition coefficient (Wildman–Crippen LogP) is 4.31. The molecule has 0 amide bonds. The van der Waals surface area contributed by atoms with Gasteiger partial charge in [-0.3, -0.25) is 5.21 Å². The fourth-order valence-electron chi connectivity index (χ4n) is 3.92. The van der Waals surface area contributed by atoms with Crippen LogP contribution in [0.1, 0.15) is 36.8 Å². The predicted molar refractivity (Wildman–Crippen MR) is 93.0 cm³/mol. The van der Waals surface area contributed by atoms with Crippen LogP contribution in [0.25, 0.3) is 11.4 Å². The number of hydrogen-bond acceptors (Lipinski definition) is 3. The van der Waals surface area contributed by atoms with Crippen molar-refractivity contribution in [2.45, 2.75) is 37.8 Å². The normalized spacial score (nSPS) is 24.0. The van der Waals surface area contributed by atoms with Gasteiger partial charge in [0.25, 0.3) is 5.70 Å². The lowest BCUT2D eigenvalue weighted by atomic mass is 9.86. The van der Waals surface area contributed by atoms with Gasteiger partial charge in [0.1, 0.15) is 11.7 Å². The summed E-state index contributed by atoms with van der Waals surface area (Å²) in [5, 5.41) is 12.3. The van der Waals surface area contributed by atoms with Gasteiger partial charge in [-0.05, 0) is 25.0 Å². The first kappa shape index (κ1) is 15.1. The number of benzene rings is 2. The highest BCUT2D eigenvalue weighted by Crippen LogP contribution is 2.40. The van der Waals surface area contributed by atoms with Crippen molar-refractivity contribution in [1.29, 1.82) is 0 Å². The zero-order valence-electron chi connectivity index (χ0n) is 13.5. The van der Waals surface area contributed by atoms with Crippen molar-refractivity contribution in [2.75, 3.05) is 0 Å². The van der Waals surface area contributed by atoms with E-state index in [9.17, 15) is 10.1 Å². The summed E-state index contributed by atoms with van der Waals surface area (Å²) in [7, 11) is 0. The molecule has 0 aromatic heterocycles. The molecule has 0 radical (unpaired) electrons. The number of hydrogen-bond donors (Lipinski definition) is 1. The molecule has 2 aromatic carbocycles.